The zero-order valence-corrected chi connectivity index (χ0v) is 12.2. The molecule has 1 unspecified atom stereocenters. The molecule has 1 aromatic carbocycles. The maximum atomic E-state index is 9.53. The zero-order valence-electron chi connectivity index (χ0n) is 12.2. The first kappa shape index (κ1) is 14.5. The molecule has 0 spiro atoms. The fraction of sp³-hybridized carbons (Fsp3) is 0.647. The third kappa shape index (κ3) is 4.32. The lowest BCUT2D eigenvalue weighted by atomic mass is 9.92. The molecule has 1 atom stereocenters. The summed E-state index contributed by atoms with van der Waals surface area (Å²) in [4.78, 5) is 0. The Morgan fingerprint density at radius 1 is 1.16 bits per heavy atom. The van der Waals surface area contributed by atoms with E-state index in [4.69, 9.17) is 0 Å². The van der Waals surface area contributed by atoms with E-state index in [2.05, 4.69) is 43.4 Å². The van der Waals surface area contributed by atoms with Crippen molar-refractivity contribution < 1.29 is 5.11 Å². The lowest BCUT2D eigenvalue weighted by Gasteiger charge is -2.29. The fourth-order valence-corrected chi connectivity index (χ4v) is 2.95. The van der Waals surface area contributed by atoms with Gasteiger partial charge in [0.1, 0.15) is 0 Å². The third-order valence-electron chi connectivity index (χ3n) is 4.20. The largest absolute Gasteiger partial charge is 0.393 e. The predicted octanol–water partition coefficient (Wildman–Crippen LogP) is 3.59. The molecule has 0 saturated heterocycles. The second kappa shape index (κ2) is 7.06. The van der Waals surface area contributed by atoms with Gasteiger partial charge in [0.05, 0.1) is 6.10 Å². The van der Waals surface area contributed by atoms with Gasteiger partial charge in [-0.25, -0.2) is 0 Å². The summed E-state index contributed by atoms with van der Waals surface area (Å²) >= 11 is 0. The van der Waals surface area contributed by atoms with Crippen LogP contribution in [-0.4, -0.2) is 17.3 Å². The topological polar surface area (TPSA) is 32.3 Å². The first-order valence-electron chi connectivity index (χ1n) is 7.72. The maximum absolute atomic E-state index is 9.53. The lowest BCUT2D eigenvalue weighted by molar-refractivity contribution is 0.114. The molecule has 1 fully saturated rings. The van der Waals surface area contributed by atoms with E-state index >= 15 is 0 Å². The van der Waals surface area contributed by atoms with Gasteiger partial charge in [0.25, 0.3) is 0 Å². The SMILES string of the molecule is CCCc1ccc(C(C)NC2CCC(O)CC2)cc1. The molecule has 0 aromatic heterocycles. The first-order chi connectivity index (χ1) is 9.19. The molecular formula is C17H27NO. The van der Waals surface area contributed by atoms with E-state index in [9.17, 15) is 5.11 Å². The van der Waals surface area contributed by atoms with Gasteiger partial charge < -0.3 is 10.4 Å². The van der Waals surface area contributed by atoms with Gasteiger partial charge in [-0.3, -0.25) is 0 Å². The summed E-state index contributed by atoms with van der Waals surface area (Å²) in [5.74, 6) is 0. The molecule has 2 rings (SSSR count). The van der Waals surface area contributed by atoms with Crippen LogP contribution in [0.15, 0.2) is 24.3 Å². The van der Waals surface area contributed by atoms with Crippen molar-refractivity contribution in [2.45, 2.75) is 70.6 Å². The van der Waals surface area contributed by atoms with Gasteiger partial charge in [-0.2, -0.15) is 0 Å². The Hall–Kier alpha value is -0.860. The number of aliphatic hydroxyl groups is 1. The molecule has 2 nitrogen and oxygen atoms in total. The lowest BCUT2D eigenvalue weighted by Crippen LogP contribution is -2.36. The van der Waals surface area contributed by atoms with Crippen molar-refractivity contribution in [3.8, 4) is 0 Å². The second-order valence-electron chi connectivity index (χ2n) is 5.89. The van der Waals surface area contributed by atoms with E-state index in [1.54, 1.807) is 0 Å². The number of nitrogens with one attached hydrogen (secondary N) is 1. The highest BCUT2D eigenvalue weighted by Gasteiger charge is 2.20. The van der Waals surface area contributed by atoms with Crippen LogP contribution in [-0.2, 0) is 6.42 Å². The van der Waals surface area contributed by atoms with Crippen LogP contribution in [0.3, 0.4) is 0 Å². The average molecular weight is 261 g/mol. The predicted molar refractivity (Wildman–Crippen MR) is 80.3 cm³/mol. The maximum Gasteiger partial charge on any atom is 0.0541 e. The van der Waals surface area contributed by atoms with Gasteiger partial charge in [0.15, 0.2) is 0 Å². The van der Waals surface area contributed by atoms with Crippen molar-refractivity contribution in [2.75, 3.05) is 0 Å². The molecule has 1 aromatic rings. The van der Waals surface area contributed by atoms with Crippen molar-refractivity contribution in [3.63, 3.8) is 0 Å². The second-order valence-corrected chi connectivity index (χ2v) is 5.89. The number of benzene rings is 1. The van der Waals surface area contributed by atoms with E-state index in [1.165, 1.54) is 24.0 Å². The Morgan fingerprint density at radius 3 is 2.37 bits per heavy atom. The molecule has 0 radical (unpaired) electrons. The molecule has 2 N–H and O–H groups in total. The molecule has 0 amide bonds. The molecule has 106 valence electrons. The minimum atomic E-state index is -0.0679. The van der Waals surface area contributed by atoms with Crippen LogP contribution in [0.4, 0.5) is 0 Å². The molecule has 2 heteroatoms. The Morgan fingerprint density at radius 2 is 1.79 bits per heavy atom. The van der Waals surface area contributed by atoms with Gasteiger partial charge in [0, 0.05) is 12.1 Å². The van der Waals surface area contributed by atoms with Crippen LogP contribution >= 0.6 is 0 Å². The van der Waals surface area contributed by atoms with E-state index in [-0.39, 0.29) is 6.10 Å². The van der Waals surface area contributed by atoms with Crippen LogP contribution in [0.5, 0.6) is 0 Å². The molecule has 0 bridgehead atoms. The van der Waals surface area contributed by atoms with Crippen molar-refractivity contribution in [3.05, 3.63) is 35.4 Å². The number of aryl methyl sites for hydroxylation is 1. The minimum absolute atomic E-state index is 0.0679. The average Bonchev–Trinajstić information content (AvgIpc) is 2.42. The van der Waals surface area contributed by atoms with Crippen LogP contribution in [0.25, 0.3) is 0 Å². The van der Waals surface area contributed by atoms with Gasteiger partial charge in [-0.05, 0) is 50.2 Å². The van der Waals surface area contributed by atoms with Gasteiger partial charge in [-0.15, -0.1) is 0 Å². The quantitative estimate of drug-likeness (QED) is 0.849. The third-order valence-corrected chi connectivity index (χ3v) is 4.20. The molecular weight excluding hydrogens is 234 g/mol. The first-order valence-corrected chi connectivity index (χ1v) is 7.72. The monoisotopic (exact) mass is 261 g/mol. The summed E-state index contributed by atoms with van der Waals surface area (Å²) in [7, 11) is 0. The molecule has 19 heavy (non-hydrogen) atoms. The van der Waals surface area contributed by atoms with E-state index in [0.717, 1.165) is 25.7 Å². The Kier molecular flexibility index (Phi) is 5.41. The molecule has 0 heterocycles. The highest BCUT2D eigenvalue weighted by atomic mass is 16.3. The van der Waals surface area contributed by atoms with Crippen LogP contribution in [0, 0.1) is 0 Å². The van der Waals surface area contributed by atoms with Crippen molar-refractivity contribution in [2.24, 2.45) is 0 Å². The summed E-state index contributed by atoms with van der Waals surface area (Å²) in [6.45, 7) is 4.45. The standard InChI is InChI=1S/C17H27NO/c1-3-4-14-5-7-15(8-6-14)13(2)18-16-9-11-17(19)12-10-16/h5-8,13,16-19H,3-4,9-12H2,1-2H3. The van der Waals surface area contributed by atoms with E-state index in [0.29, 0.717) is 12.1 Å². The van der Waals surface area contributed by atoms with Crippen molar-refractivity contribution in [1.82, 2.24) is 5.32 Å². The van der Waals surface area contributed by atoms with Crippen molar-refractivity contribution >= 4 is 0 Å². The molecule has 1 aliphatic rings. The normalized spacial score (nSPS) is 25.2. The summed E-state index contributed by atoms with van der Waals surface area (Å²) in [6.07, 6.45) is 6.39. The summed E-state index contributed by atoms with van der Waals surface area (Å²) in [5.41, 5.74) is 2.80. The number of aliphatic hydroxyl groups excluding tert-OH is 1. The van der Waals surface area contributed by atoms with Crippen LogP contribution < -0.4 is 5.32 Å². The van der Waals surface area contributed by atoms with Crippen molar-refractivity contribution in [1.29, 1.82) is 0 Å². The smallest absolute Gasteiger partial charge is 0.0541 e. The molecule has 0 aliphatic heterocycles. The number of hydrogen-bond acceptors (Lipinski definition) is 2. The Balaban J connectivity index is 1.86. The highest BCUT2D eigenvalue weighted by molar-refractivity contribution is 5.24. The highest BCUT2D eigenvalue weighted by Crippen LogP contribution is 2.22. The number of rotatable bonds is 5. The minimum Gasteiger partial charge on any atom is -0.393 e. The fourth-order valence-electron chi connectivity index (χ4n) is 2.95. The zero-order chi connectivity index (χ0) is 13.7. The summed E-state index contributed by atoms with van der Waals surface area (Å²) in [5, 5.41) is 13.2. The molecule has 1 aliphatic carbocycles. The van der Waals surface area contributed by atoms with Gasteiger partial charge >= 0.3 is 0 Å². The van der Waals surface area contributed by atoms with Crippen LogP contribution in [0.1, 0.15) is 63.1 Å². The van der Waals surface area contributed by atoms with E-state index < -0.39 is 0 Å². The van der Waals surface area contributed by atoms with Gasteiger partial charge in [-0.1, -0.05) is 37.6 Å². The number of hydrogen-bond donors (Lipinski definition) is 2. The molecule has 1 saturated carbocycles. The van der Waals surface area contributed by atoms with E-state index in [1.807, 2.05) is 0 Å². The van der Waals surface area contributed by atoms with Crippen LogP contribution in [0.2, 0.25) is 0 Å². The Labute approximate surface area is 117 Å². The van der Waals surface area contributed by atoms with Gasteiger partial charge in [0.2, 0.25) is 0 Å². The summed E-state index contributed by atoms with van der Waals surface area (Å²) < 4.78 is 0. The summed E-state index contributed by atoms with van der Waals surface area (Å²) in [6, 6.07) is 9.97. The Bertz CT molecular complexity index is 365.